The molecule has 0 bridgehead atoms. The van der Waals surface area contributed by atoms with Crippen LogP contribution in [0.5, 0.6) is 11.5 Å². The highest BCUT2D eigenvalue weighted by atomic mass is 35.5. The van der Waals surface area contributed by atoms with Gasteiger partial charge in [-0.1, -0.05) is 30.3 Å². The van der Waals surface area contributed by atoms with Gasteiger partial charge < -0.3 is 9.84 Å². The van der Waals surface area contributed by atoms with E-state index < -0.39 is 0 Å². The molecule has 2 aromatic carbocycles. The summed E-state index contributed by atoms with van der Waals surface area (Å²) in [6.45, 7) is 0.396. The van der Waals surface area contributed by atoms with E-state index >= 15 is 0 Å². The Morgan fingerprint density at radius 2 is 1.93 bits per heavy atom. The zero-order valence-corrected chi connectivity index (χ0v) is 8.87. The summed E-state index contributed by atoms with van der Waals surface area (Å²) in [5.41, 5.74) is 0. The van der Waals surface area contributed by atoms with E-state index in [-0.39, 0.29) is 5.75 Å². The van der Waals surface area contributed by atoms with E-state index in [1.165, 1.54) is 0 Å². The third-order valence-corrected chi connectivity index (χ3v) is 2.35. The Kier molecular flexibility index (Phi) is 2.97. The SMILES string of the molecule is Oc1c(OCCCl)ccc2ccccc12. The Balaban J connectivity index is 2.45. The highest BCUT2D eigenvalue weighted by Crippen LogP contribution is 2.34. The lowest BCUT2D eigenvalue weighted by Gasteiger charge is -2.08. The van der Waals surface area contributed by atoms with Crippen molar-refractivity contribution in [1.82, 2.24) is 0 Å². The van der Waals surface area contributed by atoms with E-state index in [0.29, 0.717) is 18.2 Å². The van der Waals surface area contributed by atoms with Crippen LogP contribution in [0.1, 0.15) is 0 Å². The smallest absolute Gasteiger partial charge is 0.165 e. The first-order valence-electron chi connectivity index (χ1n) is 4.72. The van der Waals surface area contributed by atoms with Gasteiger partial charge in [0.15, 0.2) is 11.5 Å². The summed E-state index contributed by atoms with van der Waals surface area (Å²) < 4.78 is 5.31. The molecule has 0 saturated carbocycles. The Bertz CT molecular complexity index is 468. The molecule has 0 amide bonds. The Morgan fingerprint density at radius 3 is 2.73 bits per heavy atom. The summed E-state index contributed by atoms with van der Waals surface area (Å²) in [4.78, 5) is 0. The minimum Gasteiger partial charge on any atom is -0.504 e. The number of phenols is 1. The number of benzene rings is 2. The third kappa shape index (κ3) is 2.00. The predicted octanol–water partition coefficient (Wildman–Crippen LogP) is 3.16. The average Bonchev–Trinajstić information content (AvgIpc) is 2.29. The first-order chi connectivity index (χ1) is 7.33. The summed E-state index contributed by atoms with van der Waals surface area (Å²) in [6, 6.07) is 11.3. The average molecular weight is 223 g/mol. The molecule has 0 spiro atoms. The van der Waals surface area contributed by atoms with Gasteiger partial charge in [0.05, 0.1) is 5.88 Å². The molecule has 1 N–H and O–H groups in total. The van der Waals surface area contributed by atoms with Crippen LogP contribution in [0.4, 0.5) is 0 Å². The molecule has 78 valence electrons. The number of aromatic hydroxyl groups is 1. The maximum absolute atomic E-state index is 9.91. The van der Waals surface area contributed by atoms with Crippen molar-refractivity contribution < 1.29 is 9.84 Å². The Hall–Kier alpha value is -1.41. The number of rotatable bonds is 3. The van der Waals surface area contributed by atoms with E-state index in [1.807, 2.05) is 30.3 Å². The second-order valence-corrected chi connectivity index (χ2v) is 3.55. The third-order valence-electron chi connectivity index (χ3n) is 2.20. The normalized spacial score (nSPS) is 10.5. The van der Waals surface area contributed by atoms with Crippen LogP contribution in [0.25, 0.3) is 10.8 Å². The number of ether oxygens (including phenoxy) is 1. The maximum atomic E-state index is 9.91. The van der Waals surface area contributed by atoms with Crippen LogP contribution in [-0.2, 0) is 0 Å². The van der Waals surface area contributed by atoms with Gasteiger partial charge in [-0.25, -0.2) is 0 Å². The monoisotopic (exact) mass is 222 g/mol. The summed E-state index contributed by atoms with van der Waals surface area (Å²) in [5.74, 6) is 1.07. The van der Waals surface area contributed by atoms with Gasteiger partial charge in [0.25, 0.3) is 0 Å². The molecule has 0 saturated heterocycles. The van der Waals surface area contributed by atoms with Gasteiger partial charge in [-0.15, -0.1) is 11.6 Å². The predicted molar refractivity (Wildman–Crippen MR) is 61.8 cm³/mol. The van der Waals surface area contributed by atoms with Crippen molar-refractivity contribution in [3.8, 4) is 11.5 Å². The van der Waals surface area contributed by atoms with Crippen LogP contribution in [-0.4, -0.2) is 17.6 Å². The summed E-state index contributed by atoms with van der Waals surface area (Å²) >= 11 is 5.52. The highest BCUT2D eigenvalue weighted by molar-refractivity contribution is 6.18. The minimum absolute atomic E-state index is 0.179. The molecular formula is C12H11ClO2. The van der Waals surface area contributed by atoms with Gasteiger partial charge in [0, 0.05) is 5.39 Å². The maximum Gasteiger partial charge on any atom is 0.165 e. The van der Waals surface area contributed by atoms with Crippen molar-refractivity contribution in [3.05, 3.63) is 36.4 Å². The molecule has 0 heterocycles. The van der Waals surface area contributed by atoms with Gasteiger partial charge in [0.1, 0.15) is 6.61 Å². The number of halogens is 1. The number of fused-ring (bicyclic) bond motifs is 1. The second-order valence-electron chi connectivity index (χ2n) is 3.17. The van der Waals surface area contributed by atoms with E-state index in [9.17, 15) is 5.11 Å². The van der Waals surface area contributed by atoms with Crippen LogP contribution in [0.2, 0.25) is 0 Å². The summed E-state index contributed by atoms with van der Waals surface area (Å²) in [5, 5.41) is 11.7. The van der Waals surface area contributed by atoms with Crippen LogP contribution in [0, 0.1) is 0 Å². The lowest BCUT2D eigenvalue weighted by Crippen LogP contribution is -1.98. The quantitative estimate of drug-likeness (QED) is 0.809. The van der Waals surface area contributed by atoms with Crippen molar-refractivity contribution in [3.63, 3.8) is 0 Å². The molecule has 0 aromatic heterocycles. The molecule has 2 aromatic rings. The molecule has 2 nitrogen and oxygen atoms in total. The standard InChI is InChI=1S/C12H11ClO2/c13-7-8-15-11-6-5-9-3-1-2-4-10(9)12(11)14/h1-6,14H,7-8H2. The fourth-order valence-corrected chi connectivity index (χ4v) is 1.58. The molecule has 0 unspecified atom stereocenters. The molecule has 3 heteroatoms. The molecule has 0 aliphatic carbocycles. The molecule has 0 aliphatic rings. The molecule has 2 rings (SSSR count). The van der Waals surface area contributed by atoms with Gasteiger partial charge in [-0.05, 0) is 11.5 Å². The highest BCUT2D eigenvalue weighted by Gasteiger charge is 2.06. The summed E-state index contributed by atoms with van der Waals surface area (Å²) in [6.07, 6.45) is 0. The zero-order valence-electron chi connectivity index (χ0n) is 8.11. The van der Waals surface area contributed by atoms with Crippen molar-refractivity contribution in [2.75, 3.05) is 12.5 Å². The van der Waals surface area contributed by atoms with E-state index in [1.54, 1.807) is 6.07 Å². The molecule has 0 fully saturated rings. The van der Waals surface area contributed by atoms with Gasteiger partial charge in [-0.2, -0.15) is 0 Å². The zero-order chi connectivity index (χ0) is 10.7. The molecule has 15 heavy (non-hydrogen) atoms. The van der Waals surface area contributed by atoms with Gasteiger partial charge in [-0.3, -0.25) is 0 Å². The topological polar surface area (TPSA) is 29.5 Å². The second kappa shape index (κ2) is 4.41. The van der Waals surface area contributed by atoms with Crippen LogP contribution in [0.3, 0.4) is 0 Å². The number of hydrogen-bond donors (Lipinski definition) is 1. The molecule has 0 radical (unpaired) electrons. The van der Waals surface area contributed by atoms with Crippen LogP contribution in [0.15, 0.2) is 36.4 Å². The van der Waals surface area contributed by atoms with Crippen LogP contribution >= 0.6 is 11.6 Å². The van der Waals surface area contributed by atoms with Crippen molar-refractivity contribution >= 4 is 22.4 Å². The Labute approximate surface area is 93.1 Å². The minimum atomic E-state index is 0.179. The van der Waals surface area contributed by atoms with Crippen molar-refractivity contribution in [1.29, 1.82) is 0 Å². The van der Waals surface area contributed by atoms with E-state index in [0.717, 1.165) is 10.8 Å². The molecular weight excluding hydrogens is 212 g/mol. The first-order valence-corrected chi connectivity index (χ1v) is 5.26. The van der Waals surface area contributed by atoms with Gasteiger partial charge >= 0.3 is 0 Å². The van der Waals surface area contributed by atoms with Crippen molar-refractivity contribution in [2.24, 2.45) is 0 Å². The largest absolute Gasteiger partial charge is 0.504 e. The lowest BCUT2D eigenvalue weighted by molar-refractivity contribution is 0.322. The summed E-state index contributed by atoms with van der Waals surface area (Å²) in [7, 11) is 0. The molecule has 0 aliphatic heterocycles. The number of alkyl halides is 1. The Morgan fingerprint density at radius 1 is 1.13 bits per heavy atom. The van der Waals surface area contributed by atoms with Crippen molar-refractivity contribution in [2.45, 2.75) is 0 Å². The first kappa shape index (κ1) is 10.1. The van der Waals surface area contributed by atoms with E-state index in [4.69, 9.17) is 16.3 Å². The lowest BCUT2D eigenvalue weighted by atomic mass is 10.1. The van der Waals surface area contributed by atoms with Gasteiger partial charge in [0.2, 0.25) is 0 Å². The number of hydrogen-bond acceptors (Lipinski definition) is 2. The number of phenolic OH excluding ortho intramolecular Hbond substituents is 1. The van der Waals surface area contributed by atoms with Crippen LogP contribution < -0.4 is 4.74 Å². The fourth-order valence-electron chi connectivity index (χ4n) is 1.50. The molecule has 0 atom stereocenters. The fraction of sp³-hybridized carbons (Fsp3) is 0.167. The van der Waals surface area contributed by atoms with E-state index in [2.05, 4.69) is 0 Å².